The molecule has 0 aliphatic heterocycles. The largest absolute Gasteiger partial charge is 0.497 e. The molecule has 22 heavy (non-hydrogen) atoms. The van der Waals surface area contributed by atoms with Crippen LogP contribution >= 0.6 is 11.6 Å². The van der Waals surface area contributed by atoms with Gasteiger partial charge in [-0.05, 0) is 29.8 Å². The van der Waals surface area contributed by atoms with Gasteiger partial charge in [0, 0.05) is 17.6 Å². The monoisotopic (exact) mass is 316 g/mol. The van der Waals surface area contributed by atoms with Crippen LogP contribution in [-0.2, 0) is 11.2 Å². The van der Waals surface area contributed by atoms with E-state index in [0.717, 1.165) is 22.2 Å². The van der Waals surface area contributed by atoms with Crippen molar-refractivity contribution in [2.24, 2.45) is 0 Å². The number of carbonyl (C=O) groups is 1. The molecular formula is C16H13ClN2O3. The van der Waals surface area contributed by atoms with Crippen molar-refractivity contribution in [3.8, 4) is 11.4 Å². The zero-order chi connectivity index (χ0) is 15.7. The number of ether oxygens (including phenoxy) is 1. The summed E-state index contributed by atoms with van der Waals surface area (Å²) in [7, 11) is 1.58. The summed E-state index contributed by atoms with van der Waals surface area (Å²) in [5.41, 5.74) is 2.25. The van der Waals surface area contributed by atoms with Crippen LogP contribution in [0.3, 0.4) is 0 Å². The summed E-state index contributed by atoms with van der Waals surface area (Å²) < 4.78 is 6.81. The Balaban J connectivity index is 2.03. The normalized spacial score (nSPS) is 10.8. The zero-order valence-electron chi connectivity index (χ0n) is 11.8. The molecule has 0 saturated heterocycles. The van der Waals surface area contributed by atoms with Crippen LogP contribution in [0.25, 0.3) is 16.6 Å². The number of carboxylic acid groups (broad SMARTS) is 1. The number of fused-ring (bicyclic) bond motifs is 1. The molecule has 0 fully saturated rings. The van der Waals surface area contributed by atoms with Crippen molar-refractivity contribution >= 4 is 28.5 Å². The van der Waals surface area contributed by atoms with E-state index in [2.05, 4.69) is 5.10 Å². The predicted molar refractivity (Wildman–Crippen MR) is 84.0 cm³/mol. The number of aromatic nitrogens is 2. The molecule has 1 heterocycles. The van der Waals surface area contributed by atoms with Crippen LogP contribution in [0.1, 0.15) is 5.56 Å². The Morgan fingerprint density at radius 3 is 2.82 bits per heavy atom. The van der Waals surface area contributed by atoms with E-state index in [0.29, 0.717) is 10.8 Å². The standard InChI is InChI=1S/C16H13ClN2O3/c1-22-12-3-5-15(13(17)8-12)19-9-11-6-10(7-16(20)21)2-4-14(11)18-19/h2-6,8-9H,7H2,1H3,(H,20,21). The number of aliphatic carboxylic acids is 1. The summed E-state index contributed by atoms with van der Waals surface area (Å²) in [6.45, 7) is 0. The maximum absolute atomic E-state index is 10.8. The van der Waals surface area contributed by atoms with Crippen LogP contribution in [0, 0.1) is 0 Å². The molecule has 0 atom stereocenters. The van der Waals surface area contributed by atoms with Gasteiger partial charge in [0.15, 0.2) is 0 Å². The number of halogens is 1. The molecule has 0 aliphatic carbocycles. The topological polar surface area (TPSA) is 64.3 Å². The van der Waals surface area contributed by atoms with Crippen molar-refractivity contribution in [1.82, 2.24) is 9.78 Å². The van der Waals surface area contributed by atoms with Crippen molar-refractivity contribution in [2.45, 2.75) is 6.42 Å². The second-order valence-electron chi connectivity index (χ2n) is 4.85. The van der Waals surface area contributed by atoms with Crippen molar-refractivity contribution in [3.05, 3.63) is 53.2 Å². The first kappa shape index (κ1) is 14.4. The highest BCUT2D eigenvalue weighted by Crippen LogP contribution is 2.26. The molecule has 5 nitrogen and oxygen atoms in total. The molecule has 0 amide bonds. The molecule has 3 rings (SSSR count). The summed E-state index contributed by atoms with van der Waals surface area (Å²) >= 11 is 6.25. The van der Waals surface area contributed by atoms with E-state index in [-0.39, 0.29) is 6.42 Å². The Morgan fingerprint density at radius 1 is 1.32 bits per heavy atom. The van der Waals surface area contributed by atoms with Crippen molar-refractivity contribution in [2.75, 3.05) is 7.11 Å². The Labute approximate surface area is 131 Å². The predicted octanol–water partition coefficient (Wildman–Crippen LogP) is 3.31. The molecule has 6 heteroatoms. The van der Waals surface area contributed by atoms with Crippen LogP contribution in [0.2, 0.25) is 5.02 Å². The minimum atomic E-state index is -0.857. The lowest BCUT2D eigenvalue weighted by atomic mass is 10.1. The Bertz CT molecular complexity index is 858. The van der Waals surface area contributed by atoms with Gasteiger partial charge >= 0.3 is 5.97 Å². The van der Waals surface area contributed by atoms with Crippen LogP contribution in [-0.4, -0.2) is 28.0 Å². The molecule has 0 bridgehead atoms. The lowest BCUT2D eigenvalue weighted by Crippen LogP contribution is -1.99. The Morgan fingerprint density at radius 2 is 2.14 bits per heavy atom. The van der Waals surface area contributed by atoms with Gasteiger partial charge in [-0.1, -0.05) is 17.7 Å². The number of nitrogens with zero attached hydrogens (tertiary/aromatic N) is 2. The minimum absolute atomic E-state index is 0.00951. The number of hydrogen-bond donors (Lipinski definition) is 1. The van der Waals surface area contributed by atoms with Gasteiger partial charge in [-0.25, -0.2) is 4.68 Å². The van der Waals surface area contributed by atoms with Crippen molar-refractivity contribution < 1.29 is 14.6 Å². The van der Waals surface area contributed by atoms with Gasteiger partial charge in [0.05, 0.1) is 29.8 Å². The van der Waals surface area contributed by atoms with Crippen LogP contribution in [0.4, 0.5) is 0 Å². The summed E-state index contributed by atoms with van der Waals surface area (Å²) in [5.74, 6) is -0.181. The van der Waals surface area contributed by atoms with Crippen LogP contribution in [0.5, 0.6) is 5.75 Å². The third-order valence-electron chi connectivity index (χ3n) is 3.33. The number of benzene rings is 2. The van der Waals surface area contributed by atoms with E-state index in [9.17, 15) is 4.79 Å². The summed E-state index contributed by atoms with van der Waals surface area (Å²) in [6.07, 6.45) is 1.82. The highest BCUT2D eigenvalue weighted by atomic mass is 35.5. The molecule has 0 aliphatic rings. The van der Waals surface area contributed by atoms with Crippen molar-refractivity contribution in [3.63, 3.8) is 0 Å². The van der Waals surface area contributed by atoms with E-state index >= 15 is 0 Å². The van der Waals surface area contributed by atoms with E-state index in [1.54, 1.807) is 23.9 Å². The first-order chi connectivity index (χ1) is 10.6. The number of rotatable bonds is 4. The second kappa shape index (κ2) is 5.69. The lowest BCUT2D eigenvalue weighted by Gasteiger charge is -2.06. The lowest BCUT2D eigenvalue weighted by molar-refractivity contribution is -0.136. The average Bonchev–Trinajstić information content (AvgIpc) is 2.89. The maximum Gasteiger partial charge on any atom is 0.307 e. The summed E-state index contributed by atoms with van der Waals surface area (Å²) in [4.78, 5) is 10.8. The first-order valence-corrected chi connectivity index (χ1v) is 6.98. The number of hydrogen-bond acceptors (Lipinski definition) is 3. The molecule has 112 valence electrons. The summed E-state index contributed by atoms with van der Waals surface area (Å²) in [5, 5.41) is 14.7. The SMILES string of the molecule is COc1ccc(-n2cc3cc(CC(=O)O)ccc3n2)c(Cl)c1. The van der Waals surface area contributed by atoms with Gasteiger partial charge in [-0.2, -0.15) is 5.10 Å². The highest BCUT2D eigenvalue weighted by molar-refractivity contribution is 6.32. The highest BCUT2D eigenvalue weighted by Gasteiger charge is 2.09. The van der Waals surface area contributed by atoms with E-state index in [4.69, 9.17) is 21.4 Å². The average molecular weight is 317 g/mol. The van der Waals surface area contributed by atoms with Gasteiger partial charge in [0.2, 0.25) is 0 Å². The van der Waals surface area contributed by atoms with Crippen molar-refractivity contribution in [1.29, 1.82) is 0 Å². The fourth-order valence-electron chi connectivity index (χ4n) is 2.28. The molecule has 0 unspecified atom stereocenters. The van der Waals surface area contributed by atoms with Gasteiger partial charge in [-0.15, -0.1) is 0 Å². The molecular weight excluding hydrogens is 304 g/mol. The molecule has 0 spiro atoms. The van der Waals surface area contributed by atoms with Crippen LogP contribution in [0.15, 0.2) is 42.6 Å². The molecule has 3 aromatic rings. The molecule has 0 saturated carbocycles. The Kier molecular flexibility index (Phi) is 3.73. The molecule has 1 aromatic heterocycles. The molecule has 1 N–H and O–H groups in total. The first-order valence-electron chi connectivity index (χ1n) is 6.61. The third kappa shape index (κ3) is 2.76. The van der Waals surface area contributed by atoms with Gasteiger partial charge in [0.25, 0.3) is 0 Å². The van der Waals surface area contributed by atoms with Crippen LogP contribution < -0.4 is 4.74 Å². The van der Waals surface area contributed by atoms with Gasteiger partial charge < -0.3 is 9.84 Å². The second-order valence-corrected chi connectivity index (χ2v) is 5.26. The minimum Gasteiger partial charge on any atom is -0.497 e. The maximum atomic E-state index is 10.8. The summed E-state index contributed by atoms with van der Waals surface area (Å²) in [6, 6.07) is 10.8. The van der Waals surface area contributed by atoms with Gasteiger partial charge in [0.1, 0.15) is 5.75 Å². The van der Waals surface area contributed by atoms with E-state index in [1.165, 1.54) is 0 Å². The zero-order valence-corrected chi connectivity index (χ0v) is 12.5. The third-order valence-corrected chi connectivity index (χ3v) is 3.63. The fourth-order valence-corrected chi connectivity index (χ4v) is 2.54. The molecule has 2 aromatic carbocycles. The fraction of sp³-hybridized carbons (Fsp3) is 0.125. The quantitative estimate of drug-likeness (QED) is 0.802. The number of carboxylic acids is 1. The Hall–Kier alpha value is -2.53. The van der Waals surface area contributed by atoms with E-state index < -0.39 is 5.97 Å². The molecule has 0 radical (unpaired) electrons. The smallest absolute Gasteiger partial charge is 0.307 e. The number of methoxy groups -OCH3 is 1. The van der Waals surface area contributed by atoms with E-state index in [1.807, 2.05) is 30.5 Å². The van der Waals surface area contributed by atoms with Gasteiger partial charge in [-0.3, -0.25) is 4.79 Å².